The first kappa shape index (κ1) is 13.1. The van der Waals surface area contributed by atoms with Crippen LogP contribution in [0.2, 0.25) is 0 Å². The minimum Gasteiger partial charge on any atom is -0.378 e. The Morgan fingerprint density at radius 1 is 1.10 bits per heavy atom. The minimum absolute atomic E-state index is 0.0530. The third kappa shape index (κ3) is 2.82. The van der Waals surface area contributed by atoms with E-state index in [2.05, 4.69) is 5.32 Å². The number of rotatable bonds is 3. The Labute approximate surface area is 117 Å². The number of hydrogen-bond donors (Lipinski definition) is 1. The molecule has 5 heteroatoms. The molecular weight excluding hydrogens is 256 g/mol. The fourth-order valence-electron chi connectivity index (χ4n) is 2.53. The van der Waals surface area contributed by atoms with Gasteiger partial charge >= 0.3 is 0 Å². The van der Waals surface area contributed by atoms with Crippen LogP contribution in [0.4, 0.5) is 5.69 Å². The van der Waals surface area contributed by atoms with Gasteiger partial charge in [-0.1, -0.05) is 18.2 Å². The van der Waals surface area contributed by atoms with Crippen molar-refractivity contribution in [2.75, 3.05) is 31.6 Å². The lowest BCUT2D eigenvalue weighted by atomic mass is 10.2. The monoisotopic (exact) mass is 274 g/mol. The predicted molar refractivity (Wildman–Crippen MR) is 74.1 cm³/mol. The van der Waals surface area contributed by atoms with E-state index < -0.39 is 0 Å². The quantitative estimate of drug-likeness (QED) is 0.898. The molecule has 0 radical (unpaired) electrons. The molecule has 0 spiro atoms. The van der Waals surface area contributed by atoms with E-state index in [-0.39, 0.29) is 23.7 Å². The van der Waals surface area contributed by atoms with Crippen molar-refractivity contribution in [1.82, 2.24) is 4.90 Å². The summed E-state index contributed by atoms with van der Waals surface area (Å²) in [7, 11) is 0. The average Bonchev–Trinajstić information content (AvgIpc) is 3.29. The number of nitrogens with zero attached hydrogens (tertiary/aromatic N) is 1. The summed E-state index contributed by atoms with van der Waals surface area (Å²) in [6.07, 6.45) is 0.662. The van der Waals surface area contributed by atoms with Crippen LogP contribution in [0.3, 0.4) is 0 Å². The number of ether oxygens (including phenoxy) is 1. The lowest BCUT2D eigenvalue weighted by Gasteiger charge is -2.27. The van der Waals surface area contributed by atoms with Gasteiger partial charge in [0.1, 0.15) is 0 Å². The highest BCUT2D eigenvalue weighted by atomic mass is 16.5. The maximum absolute atomic E-state index is 12.2. The zero-order valence-electron chi connectivity index (χ0n) is 11.2. The molecule has 1 N–H and O–H groups in total. The van der Waals surface area contributed by atoms with Crippen molar-refractivity contribution in [3.05, 3.63) is 30.3 Å². The van der Waals surface area contributed by atoms with Crippen LogP contribution in [-0.4, -0.2) is 43.0 Å². The Morgan fingerprint density at radius 3 is 2.50 bits per heavy atom. The summed E-state index contributed by atoms with van der Waals surface area (Å²) in [6, 6.07) is 9.34. The first-order valence-corrected chi connectivity index (χ1v) is 6.98. The molecule has 2 atom stereocenters. The molecule has 106 valence electrons. The Morgan fingerprint density at radius 2 is 1.80 bits per heavy atom. The summed E-state index contributed by atoms with van der Waals surface area (Å²) in [4.78, 5) is 26.1. The highest BCUT2D eigenvalue weighted by Crippen LogP contribution is 2.40. The molecule has 2 unspecified atom stereocenters. The van der Waals surface area contributed by atoms with Crippen LogP contribution in [0.25, 0.3) is 0 Å². The summed E-state index contributed by atoms with van der Waals surface area (Å²) in [5.74, 6) is -0.272. The van der Waals surface area contributed by atoms with Crippen molar-refractivity contribution in [3.63, 3.8) is 0 Å². The fourth-order valence-corrected chi connectivity index (χ4v) is 2.53. The first-order valence-electron chi connectivity index (χ1n) is 6.98. The van der Waals surface area contributed by atoms with E-state index in [4.69, 9.17) is 4.74 Å². The number of hydrogen-bond acceptors (Lipinski definition) is 3. The molecule has 3 rings (SSSR count). The standard InChI is InChI=1S/C15H18N2O3/c18-14(16-11-4-2-1-3-5-11)12-10-13(12)15(19)17-6-8-20-9-7-17/h1-5,12-13H,6-10H2,(H,16,18). The van der Waals surface area contributed by atoms with Gasteiger partial charge in [0.25, 0.3) is 0 Å². The van der Waals surface area contributed by atoms with Gasteiger partial charge in [0.2, 0.25) is 11.8 Å². The molecule has 2 fully saturated rings. The maximum Gasteiger partial charge on any atom is 0.228 e. The Balaban J connectivity index is 1.53. The van der Waals surface area contributed by atoms with E-state index in [1.807, 2.05) is 35.2 Å². The molecule has 1 saturated heterocycles. The smallest absolute Gasteiger partial charge is 0.228 e. The van der Waals surface area contributed by atoms with Gasteiger partial charge in [-0.15, -0.1) is 0 Å². The van der Waals surface area contributed by atoms with E-state index in [0.717, 1.165) is 5.69 Å². The SMILES string of the molecule is O=C(Nc1ccccc1)C1CC1C(=O)N1CCOCC1. The van der Waals surface area contributed by atoms with E-state index in [1.165, 1.54) is 0 Å². The van der Waals surface area contributed by atoms with Crippen LogP contribution in [-0.2, 0) is 14.3 Å². The number of benzene rings is 1. The zero-order valence-corrected chi connectivity index (χ0v) is 11.2. The average molecular weight is 274 g/mol. The van der Waals surface area contributed by atoms with Crippen molar-refractivity contribution in [2.24, 2.45) is 11.8 Å². The van der Waals surface area contributed by atoms with Crippen LogP contribution in [0.5, 0.6) is 0 Å². The lowest BCUT2D eigenvalue weighted by Crippen LogP contribution is -2.42. The topological polar surface area (TPSA) is 58.6 Å². The summed E-state index contributed by atoms with van der Waals surface area (Å²) in [5, 5.41) is 2.86. The molecule has 1 aromatic carbocycles. The van der Waals surface area contributed by atoms with Gasteiger partial charge in [-0.3, -0.25) is 9.59 Å². The molecule has 1 aliphatic heterocycles. The highest BCUT2D eigenvalue weighted by Gasteiger charge is 2.49. The first-order chi connectivity index (χ1) is 9.75. The van der Waals surface area contributed by atoms with Crippen molar-refractivity contribution in [3.8, 4) is 0 Å². The molecule has 1 heterocycles. The second-order valence-electron chi connectivity index (χ2n) is 5.24. The zero-order chi connectivity index (χ0) is 13.9. The van der Waals surface area contributed by atoms with Crippen molar-refractivity contribution >= 4 is 17.5 Å². The van der Waals surface area contributed by atoms with Gasteiger partial charge < -0.3 is 15.0 Å². The third-order valence-electron chi connectivity index (χ3n) is 3.81. The van der Waals surface area contributed by atoms with Crippen LogP contribution in [0.15, 0.2) is 30.3 Å². The summed E-state index contributed by atoms with van der Waals surface area (Å²) >= 11 is 0. The molecule has 1 aliphatic carbocycles. The van der Waals surface area contributed by atoms with Crippen LogP contribution >= 0.6 is 0 Å². The molecule has 5 nitrogen and oxygen atoms in total. The second kappa shape index (κ2) is 5.63. The summed E-state index contributed by atoms with van der Waals surface area (Å²) in [5.41, 5.74) is 0.780. The number of morpholine rings is 1. The van der Waals surface area contributed by atoms with E-state index >= 15 is 0 Å². The maximum atomic E-state index is 12.2. The van der Waals surface area contributed by atoms with E-state index in [0.29, 0.717) is 32.7 Å². The Kier molecular flexibility index (Phi) is 3.69. The van der Waals surface area contributed by atoms with Gasteiger partial charge in [0.15, 0.2) is 0 Å². The largest absolute Gasteiger partial charge is 0.378 e. The molecule has 0 bridgehead atoms. The molecule has 2 aliphatic rings. The van der Waals surface area contributed by atoms with E-state index in [1.54, 1.807) is 0 Å². The van der Waals surface area contributed by atoms with Crippen molar-refractivity contribution < 1.29 is 14.3 Å². The number of nitrogens with one attached hydrogen (secondary N) is 1. The van der Waals surface area contributed by atoms with Crippen LogP contribution in [0.1, 0.15) is 6.42 Å². The molecule has 1 aromatic rings. The minimum atomic E-state index is -0.175. The fraction of sp³-hybridized carbons (Fsp3) is 0.467. The number of para-hydroxylation sites is 1. The summed E-state index contributed by atoms with van der Waals surface area (Å²) < 4.78 is 5.23. The third-order valence-corrected chi connectivity index (χ3v) is 3.81. The number of carbonyl (C=O) groups is 2. The highest BCUT2D eigenvalue weighted by molar-refractivity contribution is 5.99. The summed E-state index contributed by atoms with van der Waals surface area (Å²) in [6.45, 7) is 2.48. The Hall–Kier alpha value is -1.88. The van der Waals surface area contributed by atoms with Crippen molar-refractivity contribution in [1.29, 1.82) is 0 Å². The molecule has 1 saturated carbocycles. The van der Waals surface area contributed by atoms with E-state index in [9.17, 15) is 9.59 Å². The van der Waals surface area contributed by atoms with Gasteiger partial charge in [-0.2, -0.15) is 0 Å². The normalized spacial score (nSPS) is 25.1. The van der Waals surface area contributed by atoms with Crippen molar-refractivity contribution in [2.45, 2.75) is 6.42 Å². The van der Waals surface area contributed by atoms with Gasteiger partial charge in [0, 0.05) is 18.8 Å². The molecular formula is C15H18N2O3. The number of anilines is 1. The lowest BCUT2D eigenvalue weighted by molar-refractivity contribution is -0.137. The number of amides is 2. The van der Waals surface area contributed by atoms with Crippen LogP contribution < -0.4 is 5.32 Å². The second-order valence-corrected chi connectivity index (χ2v) is 5.24. The molecule has 2 amide bonds. The van der Waals surface area contributed by atoms with Gasteiger partial charge in [-0.05, 0) is 18.6 Å². The number of carbonyl (C=O) groups excluding carboxylic acids is 2. The Bertz CT molecular complexity index is 497. The van der Waals surface area contributed by atoms with Gasteiger partial charge in [-0.25, -0.2) is 0 Å². The molecule has 0 aromatic heterocycles. The van der Waals surface area contributed by atoms with Crippen LogP contribution in [0, 0.1) is 11.8 Å². The molecule has 20 heavy (non-hydrogen) atoms. The predicted octanol–water partition coefficient (Wildman–Crippen LogP) is 1.12. The van der Waals surface area contributed by atoms with Gasteiger partial charge in [0.05, 0.1) is 25.0 Å².